The van der Waals surface area contributed by atoms with Crippen molar-refractivity contribution in [2.75, 3.05) is 0 Å². The highest BCUT2D eigenvalue weighted by molar-refractivity contribution is 6.32. The van der Waals surface area contributed by atoms with E-state index in [0.717, 1.165) is 5.39 Å². The molecule has 0 spiro atoms. The summed E-state index contributed by atoms with van der Waals surface area (Å²) >= 11 is 5.99. The molecule has 2 aromatic heterocycles. The van der Waals surface area contributed by atoms with Gasteiger partial charge in [-0.1, -0.05) is 28.9 Å². The number of fused-ring (bicyclic) bond motifs is 1. The standard InChI is InChI=1S/C12H8ClN3O2/c1-16-12(13)8(6-17)10(14-16)11-7-4-2-3-5-9(7)18-15-11/h2-6H,1H3. The molecule has 6 heteroatoms. The highest BCUT2D eigenvalue weighted by Gasteiger charge is 2.20. The van der Waals surface area contributed by atoms with Gasteiger partial charge in [0.25, 0.3) is 0 Å². The van der Waals surface area contributed by atoms with Gasteiger partial charge in [0.15, 0.2) is 11.9 Å². The zero-order chi connectivity index (χ0) is 12.7. The topological polar surface area (TPSA) is 60.9 Å². The van der Waals surface area contributed by atoms with Crippen LogP contribution in [-0.2, 0) is 7.05 Å². The van der Waals surface area contributed by atoms with Crippen molar-refractivity contribution in [2.45, 2.75) is 0 Å². The van der Waals surface area contributed by atoms with Crippen LogP contribution in [0.15, 0.2) is 28.8 Å². The lowest BCUT2D eigenvalue weighted by Gasteiger charge is -1.91. The number of benzene rings is 1. The molecule has 0 aliphatic heterocycles. The van der Waals surface area contributed by atoms with E-state index in [1.54, 1.807) is 13.1 Å². The number of carbonyl (C=O) groups excluding carboxylic acids is 1. The second kappa shape index (κ2) is 3.96. The molecule has 0 aliphatic rings. The summed E-state index contributed by atoms with van der Waals surface area (Å²) in [4.78, 5) is 11.1. The van der Waals surface area contributed by atoms with Crippen molar-refractivity contribution in [2.24, 2.45) is 7.05 Å². The molecule has 0 fully saturated rings. The first-order valence-electron chi connectivity index (χ1n) is 5.25. The Kier molecular flexibility index (Phi) is 2.41. The van der Waals surface area contributed by atoms with E-state index < -0.39 is 0 Å². The fraction of sp³-hybridized carbons (Fsp3) is 0.0833. The fourth-order valence-corrected chi connectivity index (χ4v) is 2.03. The van der Waals surface area contributed by atoms with E-state index in [4.69, 9.17) is 16.1 Å². The van der Waals surface area contributed by atoms with Crippen molar-refractivity contribution in [1.29, 1.82) is 0 Å². The molecule has 1 aromatic carbocycles. The van der Waals surface area contributed by atoms with Crippen molar-refractivity contribution in [3.63, 3.8) is 0 Å². The van der Waals surface area contributed by atoms with Crippen LogP contribution in [0.5, 0.6) is 0 Å². The number of aromatic nitrogens is 3. The van der Waals surface area contributed by atoms with Gasteiger partial charge in [-0.05, 0) is 12.1 Å². The van der Waals surface area contributed by atoms with E-state index >= 15 is 0 Å². The average Bonchev–Trinajstić information content (AvgIpc) is 2.92. The maximum atomic E-state index is 11.1. The summed E-state index contributed by atoms with van der Waals surface area (Å²) in [5.74, 6) is 0. The maximum Gasteiger partial charge on any atom is 0.167 e. The van der Waals surface area contributed by atoms with Crippen molar-refractivity contribution in [3.05, 3.63) is 35.0 Å². The van der Waals surface area contributed by atoms with Crippen LogP contribution >= 0.6 is 11.6 Å². The minimum atomic E-state index is 0.284. The number of hydrogen-bond acceptors (Lipinski definition) is 4. The van der Waals surface area contributed by atoms with Crippen molar-refractivity contribution < 1.29 is 9.32 Å². The Labute approximate surface area is 107 Å². The Morgan fingerprint density at radius 1 is 1.33 bits per heavy atom. The third-order valence-electron chi connectivity index (χ3n) is 2.73. The van der Waals surface area contributed by atoms with Crippen LogP contribution in [-0.4, -0.2) is 21.2 Å². The second-order valence-electron chi connectivity index (χ2n) is 3.82. The quantitative estimate of drug-likeness (QED) is 0.666. The third kappa shape index (κ3) is 1.44. The van der Waals surface area contributed by atoms with Crippen LogP contribution in [0.1, 0.15) is 10.4 Å². The highest BCUT2D eigenvalue weighted by atomic mass is 35.5. The summed E-state index contributed by atoms with van der Waals surface area (Å²) in [6, 6.07) is 7.38. The van der Waals surface area contributed by atoms with Crippen LogP contribution in [0, 0.1) is 0 Å². The zero-order valence-electron chi connectivity index (χ0n) is 9.42. The summed E-state index contributed by atoms with van der Waals surface area (Å²) < 4.78 is 6.63. The molecule has 0 unspecified atom stereocenters. The lowest BCUT2D eigenvalue weighted by molar-refractivity contribution is 0.112. The summed E-state index contributed by atoms with van der Waals surface area (Å²) in [5, 5.41) is 9.25. The molecule has 2 heterocycles. The van der Waals surface area contributed by atoms with Crippen molar-refractivity contribution in [1.82, 2.24) is 14.9 Å². The molecular weight excluding hydrogens is 254 g/mol. The van der Waals surface area contributed by atoms with Gasteiger partial charge in [-0.2, -0.15) is 5.10 Å². The van der Waals surface area contributed by atoms with E-state index in [1.165, 1.54) is 4.68 Å². The molecule has 3 aromatic rings. The van der Waals surface area contributed by atoms with E-state index in [2.05, 4.69) is 10.3 Å². The van der Waals surface area contributed by atoms with Crippen LogP contribution < -0.4 is 0 Å². The highest BCUT2D eigenvalue weighted by Crippen LogP contribution is 2.31. The Morgan fingerprint density at radius 2 is 2.11 bits per heavy atom. The minimum Gasteiger partial charge on any atom is -0.356 e. The van der Waals surface area contributed by atoms with Crippen LogP contribution in [0.2, 0.25) is 5.15 Å². The Hall–Kier alpha value is -2.14. The van der Waals surface area contributed by atoms with Gasteiger partial charge in [-0.3, -0.25) is 9.48 Å². The first-order chi connectivity index (χ1) is 8.72. The molecule has 18 heavy (non-hydrogen) atoms. The van der Waals surface area contributed by atoms with E-state index in [0.29, 0.717) is 28.8 Å². The lowest BCUT2D eigenvalue weighted by atomic mass is 10.1. The molecule has 0 atom stereocenters. The van der Waals surface area contributed by atoms with Gasteiger partial charge in [-0.25, -0.2) is 0 Å². The molecule has 5 nitrogen and oxygen atoms in total. The van der Waals surface area contributed by atoms with E-state index in [9.17, 15) is 4.79 Å². The van der Waals surface area contributed by atoms with Gasteiger partial charge in [0.1, 0.15) is 16.5 Å². The van der Waals surface area contributed by atoms with Crippen molar-refractivity contribution in [3.8, 4) is 11.4 Å². The SMILES string of the molecule is Cn1nc(-c2noc3ccccc23)c(C=O)c1Cl. The summed E-state index contributed by atoms with van der Waals surface area (Å²) in [7, 11) is 1.67. The van der Waals surface area contributed by atoms with Gasteiger partial charge in [0, 0.05) is 7.05 Å². The normalized spacial score (nSPS) is 11.0. The second-order valence-corrected chi connectivity index (χ2v) is 4.18. The molecule has 0 aliphatic carbocycles. The van der Waals surface area contributed by atoms with Gasteiger partial charge < -0.3 is 4.52 Å². The molecule has 0 radical (unpaired) electrons. The summed E-state index contributed by atoms with van der Waals surface area (Å²) in [6.07, 6.45) is 0.675. The average molecular weight is 262 g/mol. The number of para-hydroxylation sites is 1. The Balaban J connectivity index is 2.33. The number of halogens is 1. The molecular formula is C12H8ClN3O2. The molecule has 3 rings (SSSR count). The monoisotopic (exact) mass is 261 g/mol. The molecule has 0 bridgehead atoms. The number of hydrogen-bond donors (Lipinski definition) is 0. The smallest absolute Gasteiger partial charge is 0.167 e. The number of rotatable bonds is 2. The first-order valence-corrected chi connectivity index (χ1v) is 5.62. The van der Waals surface area contributed by atoms with E-state index in [1.807, 2.05) is 18.2 Å². The molecule has 0 saturated carbocycles. The van der Waals surface area contributed by atoms with Crippen LogP contribution in [0.3, 0.4) is 0 Å². The van der Waals surface area contributed by atoms with E-state index in [-0.39, 0.29) is 5.15 Å². The Morgan fingerprint density at radius 3 is 2.89 bits per heavy atom. The van der Waals surface area contributed by atoms with Crippen molar-refractivity contribution >= 4 is 28.9 Å². The van der Waals surface area contributed by atoms with Crippen LogP contribution in [0.4, 0.5) is 0 Å². The molecule has 0 N–H and O–H groups in total. The molecule has 0 amide bonds. The fourth-order valence-electron chi connectivity index (χ4n) is 1.86. The minimum absolute atomic E-state index is 0.284. The maximum absolute atomic E-state index is 11.1. The number of aldehydes is 1. The summed E-state index contributed by atoms with van der Waals surface area (Å²) in [5.41, 5.74) is 1.92. The third-order valence-corrected chi connectivity index (χ3v) is 3.18. The zero-order valence-corrected chi connectivity index (χ0v) is 10.2. The van der Waals surface area contributed by atoms with Gasteiger partial charge in [0.2, 0.25) is 0 Å². The lowest BCUT2D eigenvalue weighted by Crippen LogP contribution is -1.89. The van der Waals surface area contributed by atoms with Gasteiger partial charge in [-0.15, -0.1) is 0 Å². The molecule has 90 valence electrons. The predicted octanol–water partition coefficient (Wildman–Crippen LogP) is 2.69. The Bertz CT molecular complexity index is 745. The van der Waals surface area contributed by atoms with Gasteiger partial charge >= 0.3 is 0 Å². The molecule has 0 saturated heterocycles. The summed E-state index contributed by atoms with van der Waals surface area (Å²) in [6.45, 7) is 0. The first kappa shape index (κ1) is 11.0. The number of aryl methyl sites for hydroxylation is 1. The van der Waals surface area contributed by atoms with Gasteiger partial charge in [0.05, 0.1) is 10.9 Å². The van der Waals surface area contributed by atoms with Crippen LogP contribution in [0.25, 0.3) is 22.4 Å². The number of nitrogens with zero attached hydrogens (tertiary/aromatic N) is 3. The predicted molar refractivity (Wildman–Crippen MR) is 66.6 cm³/mol. The largest absolute Gasteiger partial charge is 0.356 e. The number of carbonyl (C=O) groups is 1.